The maximum Gasteiger partial charge on any atom is 0.0992 e. The molecular weight excluding hydrogens is 268 g/mol. The Morgan fingerprint density at radius 1 is 1.30 bits per heavy atom. The van der Waals surface area contributed by atoms with Crippen LogP contribution >= 0.6 is 11.6 Å². The van der Waals surface area contributed by atoms with Crippen molar-refractivity contribution in [2.45, 2.75) is 45.6 Å². The van der Waals surface area contributed by atoms with Gasteiger partial charge in [-0.3, -0.25) is 0 Å². The van der Waals surface area contributed by atoms with E-state index in [9.17, 15) is 0 Å². The highest BCUT2D eigenvalue weighted by Gasteiger charge is 2.17. The first-order valence-electron chi connectivity index (χ1n) is 7.58. The van der Waals surface area contributed by atoms with Crippen molar-refractivity contribution in [3.05, 3.63) is 34.3 Å². The molecule has 1 aromatic rings. The van der Waals surface area contributed by atoms with E-state index >= 15 is 0 Å². The van der Waals surface area contributed by atoms with Crippen LogP contribution < -0.4 is 5.32 Å². The molecule has 1 aromatic carbocycles. The average Bonchev–Trinajstić information content (AvgIpc) is 2.46. The van der Waals surface area contributed by atoms with Gasteiger partial charge in [0.15, 0.2) is 0 Å². The highest BCUT2D eigenvalue weighted by molar-refractivity contribution is 6.31. The molecule has 1 fully saturated rings. The van der Waals surface area contributed by atoms with Crippen LogP contribution in [0.1, 0.15) is 50.2 Å². The van der Waals surface area contributed by atoms with Gasteiger partial charge in [0.05, 0.1) is 11.6 Å². The largest absolute Gasteiger partial charge is 0.313 e. The minimum atomic E-state index is 0.620. The van der Waals surface area contributed by atoms with E-state index < -0.39 is 0 Å². The van der Waals surface area contributed by atoms with Gasteiger partial charge in [-0.25, -0.2) is 0 Å². The summed E-state index contributed by atoms with van der Waals surface area (Å²) in [7, 11) is 0. The first-order valence-corrected chi connectivity index (χ1v) is 7.96. The molecule has 1 saturated carbocycles. The number of nitrogens with zero attached hydrogens (tertiary/aromatic N) is 1. The van der Waals surface area contributed by atoms with Crippen molar-refractivity contribution >= 4 is 11.6 Å². The van der Waals surface area contributed by atoms with Crippen LogP contribution in [0, 0.1) is 23.2 Å². The maximum absolute atomic E-state index is 8.81. The van der Waals surface area contributed by atoms with Crippen molar-refractivity contribution in [1.82, 2.24) is 5.32 Å². The summed E-state index contributed by atoms with van der Waals surface area (Å²) >= 11 is 6.16. The monoisotopic (exact) mass is 290 g/mol. The summed E-state index contributed by atoms with van der Waals surface area (Å²) in [4.78, 5) is 0. The number of rotatable bonds is 5. The van der Waals surface area contributed by atoms with Gasteiger partial charge in [0, 0.05) is 11.6 Å². The Hall–Kier alpha value is -1.04. The van der Waals surface area contributed by atoms with Crippen LogP contribution in [0.5, 0.6) is 0 Å². The van der Waals surface area contributed by atoms with Gasteiger partial charge in [-0.05, 0) is 42.5 Å². The van der Waals surface area contributed by atoms with Crippen LogP contribution in [-0.4, -0.2) is 6.54 Å². The molecule has 0 bridgehead atoms. The molecule has 1 aliphatic rings. The molecule has 0 atom stereocenters. The van der Waals surface area contributed by atoms with Crippen molar-refractivity contribution in [1.29, 1.82) is 5.26 Å². The molecular formula is C17H23ClN2. The molecule has 2 rings (SSSR count). The predicted molar refractivity (Wildman–Crippen MR) is 83.6 cm³/mol. The van der Waals surface area contributed by atoms with E-state index in [1.165, 1.54) is 32.1 Å². The molecule has 0 saturated heterocycles. The highest BCUT2D eigenvalue weighted by atomic mass is 35.5. The fourth-order valence-corrected chi connectivity index (χ4v) is 3.15. The second-order valence-electron chi connectivity index (χ2n) is 6.01. The molecule has 1 N–H and O–H groups in total. The zero-order chi connectivity index (χ0) is 14.4. The van der Waals surface area contributed by atoms with Crippen LogP contribution in [0.4, 0.5) is 0 Å². The molecule has 0 amide bonds. The van der Waals surface area contributed by atoms with E-state index in [2.05, 4.69) is 18.3 Å². The molecule has 1 aliphatic carbocycles. The van der Waals surface area contributed by atoms with E-state index in [4.69, 9.17) is 16.9 Å². The minimum absolute atomic E-state index is 0.620. The molecule has 20 heavy (non-hydrogen) atoms. The Labute approximate surface area is 127 Å². The van der Waals surface area contributed by atoms with Gasteiger partial charge >= 0.3 is 0 Å². The van der Waals surface area contributed by atoms with Crippen molar-refractivity contribution in [3.63, 3.8) is 0 Å². The lowest BCUT2D eigenvalue weighted by Crippen LogP contribution is -2.20. The number of hydrogen-bond donors (Lipinski definition) is 1. The Balaban J connectivity index is 1.70. The second kappa shape index (κ2) is 7.67. The summed E-state index contributed by atoms with van der Waals surface area (Å²) in [6.45, 7) is 4.20. The lowest BCUT2D eigenvalue weighted by molar-refractivity contribution is 0.275. The summed E-state index contributed by atoms with van der Waals surface area (Å²) in [5.74, 6) is 1.83. The summed E-state index contributed by atoms with van der Waals surface area (Å²) in [5, 5.41) is 13.0. The zero-order valence-corrected chi connectivity index (χ0v) is 12.9. The zero-order valence-electron chi connectivity index (χ0n) is 12.2. The molecule has 0 radical (unpaired) electrons. The third-order valence-corrected chi connectivity index (χ3v) is 4.71. The van der Waals surface area contributed by atoms with Crippen molar-refractivity contribution in [2.75, 3.05) is 6.54 Å². The van der Waals surface area contributed by atoms with E-state index in [0.717, 1.165) is 30.5 Å². The molecule has 108 valence electrons. The van der Waals surface area contributed by atoms with Gasteiger partial charge in [-0.2, -0.15) is 5.26 Å². The summed E-state index contributed by atoms with van der Waals surface area (Å²) in [5.41, 5.74) is 1.69. The molecule has 0 aromatic heterocycles. The highest BCUT2D eigenvalue weighted by Crippen LogP contribution is 2.30. The standard InChI is InChI=1S/C17H23ClN2/c1-13-2-4-14(5-3-13)8-9-20-12-16-7-6-15(11-19)10-17(16)18/h6-7,10,13-14,20H,2-5,8-9,12H2,1H3. The number of benzene rings is 1. The average molecular weight is 291 g/mol. The second-order valence-corrected chi connectivity index (χ2v) is 6.42. The smallest absolute Gasteiger partial charge is 0.0992 e. The SMILES string of the molecule is CC1CCC(CCNCc2ccc(C#N)cc2Cl)CC1. The first-order chi connectivity index (χ1) is 9.69. The van der Waals surface area contributed by atoms with E-state index in [0.29, 0.717) is 10.6 Å². The Kier molecular flexibility index (Phi) is 5.88. The van der Waals surface area contributed by atoms with Crippen LogP contribution in [0.25, 0.3) is 0 Å². The minimum Gasteiger partial charge on any atom is -0.313 e. The van der Waals surface area contributed by atoms with Crippen LogP contribution in [0.2, 0.25) is 5.02 Å². The van der Waals surface area contributed by atoms with Gasteiger partial charge in [-0.1, -0.05) is 50.3 Å². The van der Waals surface area contributed by atoms with E-state index in [-0.39, 0.29) is 0 Å². The molecule has 2 nitrogen and oxygen atoms in total. The maximum atomic E-state index is 8.81. The predicted octanol–water partition coefficient (Wildman–Crippen LogP) is 4.52. The fourth-order valence-electron chi connectivity index (χ4n) is 2.91. The summed E-state index contributed by atoms with van der Waals surface area (Å²) in [6, 6.07) is 7.61. The van der Waals surface area contributed by atoms with E-state index in [1.54, 1.807) is 6.07 Å². The molecule has 0 unspecified atom stereocenters. The molecule has 0 aliphatic heterocycles. The van der Waals surface area contributed by atoms with Gasteiger partial charge in [-0.15, -0.1) is 0 Å². The van der Waals surface area contributed by atoms with Crippen LogP contribution in [-0.2, 0) is 6.54 Å². The Morgan fingerprint density at radius 2 is 2.05 bits per heavy atom. The topological polar surface area (TPSA) is 35.8 Å². The van der Waals surface area contributed by atoms with Crippen molar-refractivity contribution < 1.29 is 0 Å². The lowest BCUT2D eigenvalue weighted by atomic mass is 9.81. The molecule has 0 heterocycles. The molecule has 0 spiro atoms. The number of nitrogens with one attached hydrogen (secondary N) is 1. The van der Waals surface area contributed by atoms with Crippen molar-refractivity contribution in [2.24, 2.45) is 11.8 Å². The van der Waals surface area contributed by atoms with Crippen LogP contribution in [0.3, 0.4) is 0 Å². The quantitative estimate of drug-likeness (QED) is 0.810. The number of nitriles is 1. The summed E-state index contributed by atoms with van der Waals surface area (Å²) in [6.07, 6.45) is 6.83. The summed E-state index contributed by atoms with van der Waals surface area (Å²) < 4.78 is 0. The third kappa shape index (κ3) is 4.51. The number of hydrogen-bond acceptors (Lipinski definition) is 2. The molecule has 3 heteroatoms. The Morgan fingerprint density at radius 3 is 2.70 bits per heavy atom. The fraction of sp³-hybridized carbons (Fsp3) is 0.588. The van der Waals surface area contributed by atoms with E-state index in [1.807, 2.05) is 12.1 Å². The third-order valence-electron chi connectivity index (χ3n) is 4.36. The normalized spacial score (nSPS) is 22.4. The Bertz CT molecular complexity index is 470. The van der Waals surface area contributed by atoms with Crippen molar-refractivity contribution in [3.8, 4) is 6.07 Å². The van der Waals surface area contributed by atoms with Gasteiger partial charge in [0.2, 0.25) is 0 Å². The number of halogens is 1. The van der Waals surface area contributed by atoms with Gasteiger partial charge < -0.3 is 5.32 Å². The lowest BCUT2D eigenvalue weighted by Gasteiger charge is -2.26. The van der Waals surface area contributed by atoms with Gasteiger partial charge in [0.1, 0.15) is 0 Å². The van der Waals surface area contributed by atoms with Crippen LogP contribution in [0.15, 0.2) is 18.2 Å². The van der Waals surface area contributed by atoms with Gasteiger partial charge in [0.25, 0.3) is 0 Å². The first kappa shape index (κ1) is 15.4.